The monoisotopic (exact) mass is 391 g/mol. The molecule has 0 unspecified atom stereocenters. The van der Waals surface area contributed by atoms with Crippen molar-refractivity contribution in [2.45, 2.75) is 23.8 Å². The van der Waals surface area contributed by atoms with Gasteiger partial charge in [0.2, 0.25) is 0 Å². The van der Waals surface area contributed by atoms with Crippen molar-refractivity contribution in [1.82, 2.24) is 5.32 Å². The molecular weight excluding hydrogens is 374 g/mol. The van der Waals surface area contributed by atoms with Crippen LogP contribution < -0.4 is 14.8 Å². The zero-order valence-electron chi connectivity index (χ0n) is 14.3. The lowest BCUT2D eigenvalue weighted by atomic mass is 10.2. The number of anilines is 1. The number of nitro benzene ring substituents is 1. The van der Waals surface area contributed by atoms with E-state index in [1.54, 1.807) is 0 Å². The minimum Gasteiger partial charge on any atom is -0.495 e. The van der Waals surface area contributed by atoms with E-state index >= 15 is 0 Å². The van der Waals surface area contributed by atoms with Crippen LogP contribution in [0.1, 0.15) is 23.2 Å². The summed E-state index contributed by atoms with van der Waals surface area (Å²) in [5, 5.41) is 13.7. The summed E-state index contributed by atoms with van der Waals surface area (Å²) in [5.74, 6) is -0.214. The molecule has 1 aliphatic carbocycles. The normalized spacial score (nSPS) is 13.7. The zero-order valence-corrected chi connectivity index (χ0v) is 15.2. The SMILES string of the molecule is COc1ccc([N+](=O)[O-])cc1NS(=O)(=O)c1cccc(C(=O)NC2CC2)c1. The van der Waals surface area contributed by atoms with Crippen molar-refractivity contribution in [2.75, 3.05) is 11.8 Å². The summed E-state index contributed by atoms with van der Waals surface area (Å²) in [7, 11) is -2.77. The Labute approximate surface area is 155 Å². The first-order valence-corrected chi connectivity index (χ1v) is 9.54. The van der Waals surface area contributed by atoms with Gasteiger partial charge in [0, 0.05) is 23.7 Å². The number of hydrogen-bond acceptors (Lipinski definition) is 6. The number of rotatable bonds is 7. The maximum Gasteiger partial charge on any atom is 0.271 e. The predicted molar refractivity (Wildman–Crippen MR) is 97.4 cm³/mol. The standard InChI is InChI=1S/C17H17N3O6S/c1-26-16-8-7-13(20(22)23)10-15(16)19-27(24,25)14-4-2-3-11(9-14)17(21)18-12-5-6-12/h2-4,7-10,12,19H,5-6H2,1H3,(H,18,21). The summed E-state index contributed by atoms with van der Waals surface area (Å²) in [4.78, 5) is 22.3. The van der Waals surface area contributed by atoms with Gasteiger partial charge in [-0.1, -0.05) is 6.07 Å². The molecular formula is C17H17N3O6S. The molecule has 0 bridgehead atoms. The van der Waals surface area contributed by atoms with Crippen LogP contribution in [0.4, 0.5) is 11.4 Å². The molecule has 0 spiro atoms. The summed E-state index contributed by atoms with van der Waals surface area (Å²) in [6.45, 7) is 0. The van der Waals surface area contributed by atoms with Gasteiger partial charge in [-0.25, -0.2) is 8.42 Å². The Balaban J connectivity index is 1.89. The molecule has 27 heavy (non-hydrogen) atoms. The number of ether oxygens (including phenoxy) is 1. The second-order valence-electron chi connectivity index (χ2n) is 6.02. The van der Waals surface area contributed by atoms with Crippen LogP contribution in [0.2, 0.25) is 0 Å². The number of methoxy groups -OCH3 is 1. The highest BCUT2D eigenvalue weighted by Gasteiger charge is 2.25. The Bertz CT molecular complexity index is 1000. The number of benzene rings is 2. The molecule has 0 heterocycles. The van der Waals surface area contributed by atoms with Crippen molar-refractivity contribution in [3.05, 3.63) is 58.1 Å². The molecule has 1 amide bonds. The maximum absolute atomic E-state index is 12.7. The van der Waals surface area contributed by atoms with E-state index < -0.39 is 14.9 Å². The van der Waals surface area contributed by atoms with Gasteiger partial charge >= 0.3 is 0 Å². The average Bonchev–Trinajstić information content (AvgIpc) is 3.45. The highest BCUT2D eigenvalue weighted by atomic mass is 32.2. The number of sulfonamides is 1. The minimum absolute atomic E-state index is 0.0699. The van der Waals surface area contributed by atoms with Crippen LogP contribution >= 0.6 is 0 Å². The van der Waals surface area contributed by atoms with E-state index in [4.69, 9.17) is 4.74 Å². The molecule has 0 atom stereocenters. The summed E-state index contributed by atoms with van der Waals surface area (Å²) < 4.78 is 32.7. The number of hydrogen-bond donors (Lipinski definition) is 2. The number of amides is 1. The van der Waals surface area contributed by atoms with Gasteiger partial charge in [0.25, 0.3) is 21.6 Å². The molecule has 2 aromatic rings. The predicted octanol–water partition coefficient (Wildman–Crippen LogP) is 2.30. The Hall–Kier alpha value is -3.14. The van der Waals surface area contributed by atoms with Crippen LogP contribution in [0.15, 0.2) is 47.4 Å². The summed E-state index contributed by atoms with van der Waals surface area (Å²) in [6, 6.07) is 9.29. The number of carbonyl (C=O) groups is 1. The second-order valence-corrected chi connectivity index (χ2v) is 7.71. The lowest BCUT2D eigenvalue weighted by Gasteiger charge is -2.12. The topological polar surface area (TPSA) is 128 Å². The average molecular weight is 391 g/mol. The fourth-order valence-electron chi connectivity index (χ4n) is 2.39. The minimum atomic E-state index is -4.09. The fraction of sp³-hybridized carbons (Fsp3) is 0.235. The molecule has 142 valence electrons. The van der Waals surface area contributed by atoms with Crippen LogP contribution in [0.25, 0.3) is 0 Å². The maximum atomic E-state index is 12.7. The molecule has 9 nitrogen and oxygen atoms in total. The van der Waals surface area contributed by atoms with E-state index in [-0.39, 0.29) is 39.5 Å². The number of non-ortho nitro benzene ring substituents is 1. The third kappa shape index (κ3) is 4.34. The first kappa shape index (κ1) is 18.6. The van der Waals surface area contributed by atoms with Gasteiger partial charge in [-0.3, -0.25) is 19.6 Å². The number of nitrogens with one attached hydrogen (secondary N) is 2. The largest absolute Gasteiger partial charge is 0.495 e. The van der Waals surface area contributed by atoms with E-state index in [1.165, 1.54) is 43.5 Å². The smallest absolute Gasteiger partial charge is 0.271 e. The Morgan fingerprint density at radius 1 is 1.22 bits per heavy atom. The van der Waals surface area contributed by atoms with Crippen molar-refractivity contribution < 1.29 is 22.9 Å². The number of nitro groups is 1. The van der Waals surface area contributed by atoms with Crippen LogP contribution in [-0.2, 0) is 10.0 Å². The summed E-state index contributed by atoms with van der Waals surface area (Å²) in [5.41, 5.74) is -0.138. The van der Waals surface area contributed by atoms with Gasteiger partial charge in [0.15, 0.2) is 0 Å². The fourth-order valence-corrected chi connectivity index (χ4v) is 3.50. The van der Waals surface area contributed by atoms with E-state index in [1.807, 2.05) is 0 Å². The second kappa shape index (κ2) is 7.23. The van der Waals surface area contributed by atoms with E-state index in [0.29, 0.717) is 0 Å². The molecule has 1 fully saturated rings. The molecule has 10 heteroatoms. The van der Waals surface area contributed by atoms with E-state index in [2.05, 4.69) is 10.0 Å². The van der Waals surface area contributed by atoms with Crippen LogP contribution in [0.5, 0.6) is 5.75 Å². The van der Waals surface area contributed by atoms with Gasteiger partial charge in [-0.05, 0) is 37.1 Å². The van der Waals surface area contributed by atoms with E-state index in [9.17, 15) is 23.3 Å². The Kier molecular flexibility index (Phi) is 5.00. The van der Waals surface area contributed by atoms with Gasteiger partial charge in [0.1, 0.15) is 5.75 Å². The molecule has 0 saturated heterocycles. The van der Waals surface area contributed by atoms with Gasteiger partial charge in [0.05, 0.1) is 22.6 Å². The highest BCUT2D eigenvalue weighted by Crippen LogP contribution is 2.31. The molecule has 2 N–H and O–H groups in total. The van der Waals surface area contributed by atoms with Crippen LogP contribution in [-0.4, -0.2) is 32.4 Å². The summed E-state index contributed by atoms with van der Waals surface area (Å²) in [6.07, 6.45) is 1.83. The van der Waals surface area contributed by atoms with Crippen LogP contribution in [0.3, 0.4) is 0 Å². The van der Waals surface area contributed by atoms with E-state index in [0.717, 1.165) is 18.9 Å². The van der Waals surface area contributed by atoms with Crippen molar-refractivity contribution >= 4 is 27.3 Å². The molecule has 0 radical (unpaired) electrons. The Morgan fingerprint density at radius 3 is 2.59 bits per heavy atom. The highest BCUT2D eigenvalue weighted by molar-refractivity contribution is 7.92. The molecule has 0 aromatic heterocycles. The van der Waals surface area contributed by atoms with Gasteiger partial charge in [-0.2, -0.15) is 0 Å². The van der Waals surface area contributed by atoms with Crippen molar-refractivity contribution in [1.29, 1.82) is 0 Å². The third-order valence-electron chi connectivity index (χ3n) is 3.96. The molecule has 3 rings (SSSR count). The molecule has 1 aliphatic rings. The van der Waals surface area contributed by atoms with Gasteiger partial charge in [-0.15, -0.1) is 0 Å². The van der Waals surface area contributed by atoms with Crippen molar-refractivity contribution in [3.63, 3.8) is 0 Å². The Morgan fingerprint density at radius 2 is 1.96 bits per heavy atom. The van der Waals surface area contributed by atoms with Gasteiger partial charge < -0.3 is 10.1 Å². The summed E-state index contributed by atoms with van der Waals surface area (Å²) >= 11 is 0. The first-order valence-electron chi connectivity index (χ1n) is 8.06. The lowest BCUT2D eigenvalue weighted by Crippen LogP contribution is -2.25. The molecule has 1 saturated carbocycles. The third-order valence-corrected chi connectivity index (χ3v) is 5.32. The number of carbonyl (C=O) groups excluding carboxylic acids is 1. The quantitative estimate of drug-likeness (QED) is 0.551. The number of nitrogens with zero attached hydrogens (tertiary/aromatic N) is 1. The van der Waals surface area contributed by atoms with Crippen molar-refractivity contribution in [3.8, 4) is 5.75 Å². The van der Waals surface area contributed by atoms with Crippen molar-refractivity contribution in [2.24, 2.45) is 0 Å². The first-order chi connectivity index (χ1) is 12.8. The van der Waals surface area contributed by atoms with Crippen LogP contribution in [0, 0.1) is 10.1 Å². The lowest BCUT2D eigenvalue weighted by molar-refractivity contribution is -0.384. The zero-order chi connectivity index (χ0) is 19.6. The molecule has 2 aromatic carbocycles. The molecule has 0 aliphatic heterocycles.